The Morgan fingerprint density at radius 1 is 1.22 bits per heavy atom. The largest absolute Gasteiger partial charge is 0.492 e. The van der Waals surface area contributed by atoms with Crippen LogP contribution >= 0.6 is 0 Å². The fourth-order valence-corrected chi connectivity index (χ4v) is 7.22. The zero-order valence-electron chi connectivity index (χ0n) is 15.0. The maximum atomic E-state index is 12.8. The molecule has 2 aliphatic heterocycles. The number of ether oxygens (including phenoxy) is 1. The molecule has 1 aromatic heterocycles. The summed E-state index contributed by atoms with van der Waals surface area (Å²) < 4.78 is 36.8. The fourth-order valence-electron chi connectivity index (χ4n) is 5.52. The lowest BCUT2D eigenvalue weighted by Crippen LogP contribution is -2.44. The van der Waals surface area contributed by atoms with Crippen LogP contribution in [-0.4, -0.2) is 34.9 Å². The minimum absolute atomic E-state index is 0.0463. The van der Waals surface area contributed by atoms with Crippen LogP contribution in [0.25, 0.3) is 0 Å². The maximum Gasteiger partial charge on any atom is 0.328 e. The van der Waals surface area contributed by atoms with Crippen LogP contribution in [0.15, 0.2) is 12.2 Å². The number of Topliss-reactive ketones (excluding diaryl/α,β-unsaturated/α-hetero) is 1. The molecule has 3 heterocycles. The summed E-state index contributed by atoms with van der Waals surface area (Å²) in [7, 11) is -4.25. The van der Waals surface area contributed by atoms with Gasteiger partial charge in [-0.15, -0.1) is 0 Å². The van der Waals surface area contributed by atoms with Gasteiger partial charge >= 0.3 is 10.1 Å². The Kier molecular flexibility index (Phi) is 3.10. The Hall–Kier alpha value is -2.00. The molecule has 0 saturated heterocycles. The van der Waals surface area contributed by atoms with Crippen LogP contribution in [0.4, 0.5) is 0 Å². The zero-order chi connectivity index (χ0) is 19.4. The average molecular weight is 395 g/mol. The second kappa shape index (κ2) is 4.88. The highest BCUT2D eigenvalue weighted by atomic mass is 32.2. The van der Waals surface area contributed by atoms with Gasteiger partial charge < -0.3 is 14.9 Å². The average Bonchev–Trinajstić information content (AvgIpc) is 3.33. The van der Waals surface area contributed by atoms with E-state index in [1.54, 1.807) is 12.2 Å². The van der Waals surface area contributed by atoms with Crippen LogP contribution in [0.1, 0.15) is 56.4 Å². The van der Waals surface area contributed by atoms with Crippen molar-refractivity contribution in [2.45, 2.75) is 45.3 Å². The minimum Gasteiger partial charge on any atom is -0.492 e. The van der Waals surface area contributed by atoms with E-state index in [1.807, 2.05) is 13.8 Å². The maximum absolute atomic E-state index is 12.8. The lowest BCUT2D eigenvalue weighted by atomic mass is 9.70. The third kappa shape index (κ3) is 1.96. The number of hydrogen-bond donors (Lipinski definition) is 2. The quantitative estimate of drug-likeness (QED) is 0.746. The second-order valence-corrected chi connectivity index (χ2v) is 10.1. The van der Waals surface area contributed by atoms with Gasteiger partial charge in [0, 0.05) is 6.42 Å². The molecule has 27 heavy (non-hydrogen) atoms. The van der Waals surface area contributed by atoms with Crippen LogP contribution in [0.2, 0.25) is 0 Å². The van der Waals surface area contributed by atoms with Gasteiger partial charge in [-0.25, -0.2) is 0 Å². The van der Waals surface area contributed by atoms with E-state index in [2.05, 4.69) is 0 Å². The van der Waals surface area contributed by atoms with Gasteiger partial charge in [0.2, 0.25) is 11.8 Å². The molecule has 2 saturated carbocycles. The number of carbonyl (C=O) groups is 1. The van der Waals surface area contributed by atoms with Crippen LogP contribution in [-0.2, 0) is 19.6 Å². The summed E-state index contributed by atoms with van der Waals surface area (Å²) in [4.78, 5) is 12.6. The molecule has 146 valence electrons. The minimum atomic E-state index is -4.25. The highest BCUT2D eigenvalue weighted by Crippen LogP contribution is 2.64. The molecule has 2 aliphatic carbocycles. The van der Waals surface area contributed by atoms with E-state index in [1.165, 1.54) is 0 Å². The van der Waals surface area contributed by atoms with Gasteiger partial charge in [0.1, 0.15) is 23.7 Å². The summed E-state index contributed by atoms with van der Waals surface area (Å²) >= 11 is 0. The first-order chi connectivity index (χ1) is 12.6. The molecular formula is C18H21NO7S. The van der Waals surface area contributed by atoms with E-state index < -0.39 is 50.7 Å². The predicted octanol–water partition coefficient (Wildman–Crippen LogP) is 1.74. The topological polar surface area (TPSA) is 115 Å². The van der Waals surface area contributed by atoms with Crippen LogP contribution < -0.4 is 4.28 Å². The van der Waals surface area contributed by atoms with Crippen molar-refractivity contribution in [3.63, 3.8) is 0 Å². The van der Waals surface area contributed by atoms with Gasteiger partial charge in [-0.3, -0.25) is 9.08 Å². The number of rotatable bonds is 4. The van der Waals surface area contributed by atoms with Crippen molar-refractivity contribution in [1.29, 1.82) is 0 Å². The standard InChI is InChI=1S/C18H21NO7S/c1-17(2)9-5-6-18(17,12(20)7-9)8-27(23,24)26-19-15(21)13-10-3-4-11(25-10)14(13)16(19)22/h3-4,9-11,21-22H,5-8H2,1-2H3. The first kappa shape index (κ1) is 17.1. The van der Waals surface area contributed by atoms with Crippen molar-refractivity contribution in [2.24, 2.45) is 16.7 Å². The fraction of sp³-hybridized carbons (Fsp3) is 0.611. The van der Waals surface area contributed by atoms with Crippen molar-refractivity contribution in [3.05, 3.63) is 23.3 Å². The smallest absolute Gasteiger partial charge is 0.328 e. The number of aromatic hydroxyl groups is 2. The van der Waals surface area contributed by atoms with Gasteiger partial charge in [-0.1, -0.05) is 30.7 Å². The molecule has 5 rings (SSSR count). The summed E-state index contributed by atoms with van der Waals surface area (Å²) in [5.41, 5.74) is -0.792. The number of aromatic nitrogens is 1. The van der Waals surface area contributed by atoms with Gasteiger partial charge in [0.05, 0.1) is 16.5 Å². The van der Waals surface area contributed by atoms with E-state index in [9.17, 15) is 23.4 Å². The molecule has 0 amide bonds. The van der Waals surface area contributed by atoms with Crippen LogP contribution in [0.3, 0.4) is 0 Å². The Labute approximate surface area is 156 Å². The molecule has 2 fully saturated rings. The van der Waals surface area contributed by atoms with Gasteiger partial charge in [0.15, 0.2) is 0 Å². The molecule has 4 aliphatic rings. The molecule has 4 unspecified atom stereocenters. The Bertz CT molecular complexity index is 970. The molecule has 4 atom stereocenters. The normalized spacial score (nSPS) is 35.2. The van der Waals surface area contributed by atoms with E-state index in [4.69, 9.17) is 9.02 Å². The van der Waals surface area contributed by atoms with E-state index in [-0.39, 0.29) is 11.7 Å². The third-order valence-electron chi connectivity index (χ3n) is 7.23. The molecule has 8 nitrogen and oxygen atoms in total. The first-order valence-electron chi connectivity index (χ1n) is 9.03. The number of carbonyl (C=O) groups excluding carboxylic acids is 1. The predicted molar refractivity (Wildman–Crippen MR) is 92.4 cm³/mol. The molecule has 9 heteroatoms. The van der Waals surface area contributed by atoms with Gasteiger partial charge in [-0.2, -0.15) is 8.42 Å². The number of fused-ring (bicyclic) bond motifs is 7. The van der Waals surface area contributed by atoms with Crippen LogP contribution in [0.5, 0.6) is 11.8 Å². The SMILES string of the molecule is CC1(C)C2CCC1(CS(=O)(=O)On1c(O)c3c(c1O)C1C=CC3O1)C(=O)C2. The molecule has 0 aromatic carbocycles. The van der Waals surface area contributed by atoms with Crippen molar-refractivity contribution in [2.75, 3.05) is 5.75 Å². The first-order valence-corrected chi connectivity index (χ1v) is 10.6. The Morgan fingerprint density at radius 2 is 1.81 bits per heavy atom. The molecular weight excluding hydrogens is 374 g/mol. The van der Waals surface area contributed by atoms with E-state index in [0.717, 1.165) is 6.42 Å². The van der Waals surface area contributed by atoms with E-state index >= 15 is 0 Å². The Balaban J connectivity index is 1.48. The number of ketones is 1. The lowest BCUT2D eigenvalue weighted by Gasteiger charge is -2.35. The molecule has 1 aromatic rings. The monoisotopic (exact) mass is 395 g/mol. The molecule has 2 N–H and O–H groups in total. The van der Waals surface area contributed by atoms with Gasteiger partial charge in [0.25, 0.3) is 0 Å². The second-order valence-electron chi connectivity index (χ2n) is 8.57. The summed E-state index contributed by atoms with van der Waals surface area (Å²) in [6.07, 6.45) is 4.10. The van der Waals surface area contributed by atoms with Crippen molar-refractivity contribution >= 4 is 15.9 Å². The third-order valence-corrected chi connectivity index (χ3v) is 8.45. The van der Waals surface area contributed by atoms with Crippen LogP contribution in [0, 0.1) is 16.7 Å². The van der Waals surface area contributed by atoms with Crippen molar-refractivity contribution in [1.82, 2.24) is 4.73 Å². The van der Waals surface area contributed by atoms with E-state index in [0.29, 0.717) is 28.7 Å². The zero-order valence-corrected chi connectivity index (χ0v) is 15.8. The number of hydrogen-bond acceptors (Lipinski definition) is 7. The summed E-state index contributed by atoms with van der Waals surface area (Å²) in [6, 6.07) is 0. The van der Waals surface area contributed by atoms with Crippen molar-refractivity contribution in [3.8, 4) is 11.8 Å². The number of nitrogens with zero attached hydrogens (tertiary/aromatic N) is 1. The summed E-state index contributed by atoms with van der Waals surface area (Å²) in [6.45, 7) is 3.87. The lowest BCUT2D eigenvalue weighted by molar-refractivity contribution is -0.128. The molecule has 0 spiro atoms. The van der Waals surface area contributed by atoms with Gasteiger partial charge in [-0.05, 0) is 24.2 Å². The van der Waals surface area contributed by atoms with Crippen molar-refractivity contribution < 1.29 is 32.4 Å². The summed E-state index contributed by atoms with van der Waals surface area (Å²) in [5.74, 6) is -1.33. The Morgan fingerprint density at radius 3 is 2.30 bits per heavy atom. The highest BCUT2D eigenvalue weighted by molar-refractivity contribution is 7.86. The highest BCUT2D eigenvalue weighted by Gasteiger charge is 2.65. The molecule has 4 bridgehead atoms. The summed E-state index contributed by atoms with van der Waals surface area (Å²) in [5, 5.41) is 20.8. The molecule has 0 radical (unpaired) electrons.